The van der Waals surface area contributed by atoms with Crippen molar-refractivity contribution in [3.63, 3.8) is 0 Å². The maximum Gasteiger partial charge on any atom is 0.323 e. The van der Waals surface area contributed by atoms with Crippen LogP contribution in [0.1, 0.15) is 24.8 Å². The van der Waals surface area contributed by atoms with Crippen molar-refractivity contribution in [1.29, 1.82) is 0 Å². The molecule has 0 spiro atoms. The Bertz CT molecular complexity index is 440. The number of carbonyl (C=O) groups excluding carboxylic acids is 1. The van der Waals surface area contributed by atoms with Crippen LogP contribution >= 0.6 is 11.3 Å². The number of amides is 1. The third-order valence-electron chi connectivity index (χ3n) is 3.33. The molecule has 1 aliphatic heterocycles. The number of thiophene rings is 1. The number of carboxylic acid groups (broad SMARTS) is 1. The molecule has 20 heavy (non-hydrogen) atoms. The van der Waals surface area contributed by atoms with E-state index in [4.69, 9.17) is 9.84 Å². The minimum absolute atomic E-state index is 0.0144. The van der Waals surface area contributed by atoms with E-state index in [0.29, 0.717) is 26.0 Å². The lowest BCUT2D eigenvalue weighted by Gasteiger charge is -2.23. The van der Waals surface area contributed by atoms with Gasteiger partial charge in [-0.3, -0.25) is 9.59 Å². The minimum Gasteiger partial charge on any atom is -0.480 e. The van der Waals surface area contributed by atoms with E-state index in [1.807, 2.05) is 16.8 Å². The normalized spacial score (nSPS) is 18.1. The van der Waals surface area contributed by atoms with Gasteiger partial charge >= 0.3 is 5.97 Å². The van der Waals surface area contributed by atoms with Crippen LogP contribution in [0.15, 0.2) is 16.8 Å². The number of ether oxygens (including phenoxy) is 1. The highest BCUT2D eigenvalue weighted by Crippen LogP contribution is 2.15. The standard InChI is InChI=1S/C14H19NO4S/c16-13(4-3-11-5-7-20-10-11)15(9-14(17)18)8-12-2-1-6-19-12/h5,7,10,12H,1-4,6,8-9H2,(H,17,18). The van der Waals surface area contributed by atoms with Crippen LogP contribution in [-0.2, 0) is 20.7 Å². The van der Waals surface area contributed by atoms with E-state index in [1.165, 1.54) is 4.90 Å². The maximum atomic E-state index is 12.2. The van der Waals surface area contributed by atoms with Gasteiger partial charge < -0.3 is 14.7 Å². The van der Waals surface area contributed by atoms with Crippen LogP contribution in [0.25, 0.3) is 0 Å². The molecular formula is C14H19NO4S. The van der Waals surface area contributed by atoms with Crippen LogP contribution < -0.4 is 0 Å². The molecule has 1 atom stereocenters. The molecule has 0 aliphatic carbocycles. The quantitative estimate of drug-likeness (QED) is 0.833. The molecule has 1 amide bonds. The molecule has 1 fully saturated rings. The molecule has 0 radical (unpaired) electrons. The summed E-state index contributed by atoms with van der Waals surface area (Å²) in [7, 11) is 0. The van der Waals surface area contributed by atoms with Gasteiger partial charge in [0.25, 0.3) is 0 Å². The lowest BCUT2D eigenvalue weighted by Crippen LogP contribution is -2.40. The molecule has 0 bridgehead atoms. The lowest BCUT2D eigenvalue weighted by atomic mass is 10.1. The van der Waals surface area contributed by atoms with Crippen molar-refractivity contribution in [3.05, 3.63) is 22.4 Å². The van der Waals surface area contributed by atoms with E-state index in [1.54, 1.807) is 11.3 Å². The second-order valence-electron chi connectivity index (χ2n) is 4.93. The molecule has 0 aromatic carbocycles. The Labute approximate surface area is 122 Å². The maximum absolute atomic E-state index is 12.2. The van der Waals surface area contributed by atoms with Gasteiger partial charge in [-0.25, -0.2) is 0 Å². The number of aryl methyl sites for hydroxylation is 1. The van der Waals surface area contributed by atoms with Gasteiger partial charge in [-0.15, -0.1) is 0 Å². The molecule has 1 saturated heterocycles. The zero-order valence-corrected chi connectivity index (χ0v) is 12.1. The average Bonchev–Trinajstić information content (AvgIpc) is 3.07. The Morgan fingerprint density at radius 2 is 2.35 bits per heavy atom. The van der Waals surface area contributed by atoms with Crippen molar-refractivity contribution in [1.82, 2.24) is 4.90 Å². The molecule has 2 heterocycles. The molecule has 110 valence electrons. The summed E-state index contributed by atoms with van der Waals surface area (Å²) in [5, 5.41) is 12.9. The monoisotopic (exact) mass is 297 g/mol. The van der Waals surface area contributed by atoms with Crippen molar-refractivity contribution >= 4 is 23.2 Å². The first-order valence-corrected chi connectivity index (χ1v) is 7.71. The number of hydrogen-bond acceptors (Lipinski definition) is 4. The molecule has 0 saturated carbocycles. The fraction of sp³-hybridized carbons (Fsp3) is 0.571. The fourth-order valence-electron chi connectivity index (χ4n) is 2.30. The van der Waals surface area contributed by atoms with Gasteiger partial charge in [-0.1, -0.05) is 0 Å². The number of rotatable bonds is 7. The van der Waals surface area contributed by atoms with E-state index >= 15 is 0 Å². The summed E-state index contributed by atoms with van der Waals surface area (Å²) in [5.41, 5.74) is 1.12. The molecule has 1 aromatic heterocycles. The van der Waals surface area contributed by atoms with Gasteiger partial charge in [-0.2, -0.15) is 11.3 Å². The molecule has 1 aromatic rings. The first kappa shape index (κ1) is 15.0. The summed E-state index contributed by atoms with van der Waals surface area (Å²) in [4.78, 5) is 24.5. The van der Waals surface area contributed by atoms with Crippen LogP contribution in [0.3, 0.4) is 0 Å². The third-order valence-corrected chi connectivity index (χ3v) is 4.07. The molecule has 2 rings (SSSR count). The van der Waals surface area contributed by atoms with Crippen LogP contribution in [0.5, 0.6) is 0 Å². The zero-order valence-electron chi connectivity index (χ0n) is 11.3. The van der Waals surface area contributed by atoms with Crippen LogP contribution in [0, 0.1) is 0 Å². The first-order valence-electron chi connectivity index (χ1n) is 6.77. The molecule has 1 unspecified atom stereocenters. The van der Waals surface area contributed by atoms with Gasteiger partial charge in [0.2, 0.25) is 5.91 Å². The Kier molecular flexibility index (Phi) is 5.55. The lowest BCUT2D eigenvalue weighted by molar-refractivity contribution is -0.145. The van der Waals surface area contributed by atoms with E-state index < -0.39 is 5.97 Å². The van der Waals surface area contributed by atoms with Crippen LogP contribution in [0.2, 0.25) is 0 Å². The smallest absolute Gasteiger partial charge is 0.323 e. The summed E-state index contributed by atoms with van der Waals surface area (Å²) in [5.74, 6) is -1.10. The molecule has 5 nitrogen and oxygen atoms in total. The Hall–Kier alpha value is -1.40. The number of nitrogens with zero attached hydrogens (tertiary/aromatic N) is 1. The summed E-state index contributed by atoms with van der Waals surface area (Å²) in [6.07, 6.45) is 2.86. The second kappa shape index (κ2) is 7.40. The van der Waals surface area contributed by atoms with Gasteiger partial charge in [0.05, 0.1) is 6.10 Å². The van der Waals surface area contributed by atoms with Gasteiger partial charge in [0, 0.05) is 19.6 Å². The highest BCUT2D eigenvalue weighted by Gasteiger charge is 2.23. The first-order chi connectivity index (χ1) is 9.65. The molecule has 1 N–H and O–H groups in total. The number of carboxylic acids is 1. The summed E-state index contributed by atoms with van der Waals surface area (Å²) in [6, 6.07) is 1.99. The van der Waals surface area contributed by atoms with E-state index in [0.717, 1.165) is 18.4 Å². The zero-order chi connectivity index (χ0) is 14.4. The van der Waals surface area contributed by atoms with Crippen molar-refractivity contribution in [3.8, 4) is 0 Å². The molecular weight excluding hydrogens is 278 g/mol. The van der Waals surface area contributed by atoms with Gasteiger partial charge in [-0.05, 0) is 41.7 Å². The predicted octanol–water partition coefficient (Wildman–Crippen LogP) is 1.77. The Balaban J connectivity index is 1.86. The summed E-state index contributed by atoms with van der Waals surface area (Å²) >= 11 is 1.60. The highest BCUT2D eigenvalue weighted by molar-refractivity contribution is 7.07. The van der Waals surface area contributed by atoms with Crippen molar-refractivity contribution in [2.24, 2.45) is 0 Å². The van der Waals surface area contributed by atoms with Crippen molar-refractivity contribution in [2.75, 3.05) is 19.7 Å². The predicted molar refractivity (Wildman–Crippen MR) is 75.8 cm³/mol. The van der Waals surface area contributed by atoms with Gasteiger partial charge in [0.15, 0.2) is 0 Å². The molecule has 1 aliphatic rings. The largest absolute Gasteiger partial charge is 0.480 e. The van der Waals surface area contributed by atoms with E-state index in [9.17, 15) is 9.59 Å². The van der Waals surface area contributed by atoms with E-state index in [-0.39, 0.29) is 18.6 Å². The van der Waals surface area contributed by atoms with Crippen molar-refractivity contribution in [2.45, 2.75) is 31.8 Å². The number of aliphatic carboxylic acids is 1. The number of carbonyl (C=O) groups is 2. The van der Waals surface area contributed by atoms with E-state index in [2.05, 4.69) is 0 Å². The second-order valence-corrected chi connectivity index (χ2v) is 5.71. The fourth-order valence-corrected chi connectivity index (χ4v) is 3.00. The average molecular weight is 297 g/mol. The Morgan fingerprint density at radius 1 is 1.50 bits per heavy atom. The minimum atomic E-state index is -0.980. The van der Waals surface area contributed by atoms with Gasteiger partial charge in [0.1, 0.15) is 6.54 Å². The van der Waals surface area contributed by atoms with Crippen LogP contribution in [-0.4, -0.2) is 47.7 Å². The van der Waals surface area contributed by atoms with Crippen molar-refractivity contribution < 1.29 is 19.4 Å². The van der Waals surface area contributed by atoms with Crippen LogP contribution in [0.4, 0.5) is 0 Å². The number of hydrogen-bond donors (Lipinski definition) is 1. The summed E-state index contributed by atoms with van der Waals surface area (Å²) < 4.78 is 5.48. The molecule has 6 heteroatoms. The third kappa shape index (κ3) is 4.61. The summed E-state index contributed by atoms with van der Waals surface area (Å²) in [6.45, 7) is 0.839. The topological polar surface area (TPSA) is 66.8 Å². The Morgan fingerprint density at radius 3 is 2.95 bits per heavy atom. The SMILES string of the molecule is O=C(O)CN(CC1CCCO1)C(=O)CCc1ccsc1. The highest BCUT2D eigenvalue weighted by atomic mass is 32.1.